The summed E-state index contributed by atoms with van der Waals surface area (Å²) in [4.78, 5) is 27.4. The fourth-order valence-corrected chi connectivity index (χ4v) is 3.87. The van der Waals surface area contributed by atoms with Crippen LogP contribution in [0, 0.1) is 10.1 Å². The SMILES string of the molecule is CSc1ccc(Cl)c(C(=O)N2CCN(c3ccc(C(F)(F)F)cc3[N+](=O)[O-])CC2)c1. The van der Waals surface area contributed by atoms with Crippen molar-refractivity contribution in [2.45, 2.75) is 11.1 Å². The summed E-state index contributed by atoms with van der Waals surface area (Å²) in [6.07, 6.45) is -2.79. The molecule has 0 spiro atoms. The molecule has 30 heavy (non-hydrogen) atoms. The first kappa shape index (κ1) is 22.2. The first-order chi connectivity index (χ1) is 14.1. The Morgan fingerprint density at radius 2 is 1.80 bits per heavy atom. The van der Waals surface area contributed by atoms with Crippen LogP contribution < -0.4 is 4.90 Å². The highest BCUT2D eigenvalue weighted by molar-refractivity contribution is 7.98. The number of hydrogen-bond donors (Lipinski definition) is 0. The summed E-state index contributed by atoms with van der Waals surface area (Å²) in [5.41, 5.74) is -1.21. The van der Waals surface area contributed by atoms with Crippen molar-refractivity contribution in [2.75, 3.05) is 37.3 Å². The lowest BCUT2D eigenvalue weighted by atomic mass is 10.1. The molecule has 0 N–H and O–H groups in total. The molecule has 0 radical (unpaired) electrons. The van der Waals surface area contributed by atoms with E-state index >= 15 is 0 Å². The fraction of sp³-hybridized carbons (Fsp3) is 0.316. The van der Waals surface area contributed by atoms with Crippen LogP contribution in [0.15, 0.2) is 41.3 Å². The van der Waals surface area contributed by atoms with E-state index in [0.717, 1.165) is 17.0 Å². The second-order valence-electron chi connectivity index (χ2n) is 6.58. The number of thioether (sulfide) groups is 1. The third-order valence-electron chi connectivity index (χ3n) is 4.81. The van der Waals surface area contributed by atoms with E-state index in [4.69, 9.17) is 11.6 Å². The van der Waals surface area contributed by atoms with Gasteiger partial charge in [-0.3, -0.25) is 14.9 Å². The van der Waals surface area contributed by atoms with E-state index in [1.807, 2.05) is 12.3 Å². The highest BCUT2D eigenvalue weighted by Gasteiger charge is 2.34. The van der Waals surface area contributed by atoms with Gasteiger partial charge in [0.25, 0.3) is 11.6 Å². The van der Waals surface area contributed by atoms with Gasteiger partial charge in [0.1, 0.15) is 5.69 Å². The molecule has 1 amide bonds. The number of carbonyl (C=O) groups is 1. The van der Waals surface area contributed by atoms with Crippen molar-refractivity contribution >= 4 is 40.6 Å². The molecule has 1 aliphatic heterocycles. The number of amides is 1. The molecule has 11 heteroatoms. The van der Waals surface area contributed by atoms with E-state index in [2.05, 4.69) is 0 Å². The number of nitro groups is 1. The number of piperazine rings is 1. The van der Waals surface area contributed by atoms with E-state index in [9.17, 15) is 28.1 Å². The lowest BCUT2D eigenvalue weighted by molar-refractivity contribution is -0.384. The van der Waals surface area contributed by atoms with Crippen LogP contribution in [-0.4, -0.2) is 48.2 Å². The molecule has 2 aromatic rings. The molecule has 0 aromatic heterocycles. The normalized spacial score (nSPS) is 14.7. The van der Waals surface area contributed by atoms with Gasteiger partial charge in [0.05, 0.1) is 21.1 Å². The molecular weight excluding hydrogens is 443 g/mol. The molecule has 1 fully saturated rings. The van der Waals surface area contributed by atoms with Crippen molar-refractivity contribution in [2.24, 2.45) is 0 Å². The van der Waals surface area contributed by atoms with Crippen molar-refractivity contribution in [3.63, 3.8) is 0 Å². The first-order valence-electron chi connectivity index (χ1n) is 8.85. The van der Waals surface area contributed by atoms with E-state index in [1.165, 1.54) is 11.8 Å². The van der Waals surface area contributed by atoms with Gasteiger partial charge in [0, 0.05) is 37.1 Å². The molecule has 1 aliphatic rings. The molecule has 3 rings (SSSR count). The predicted octanol–water partition coefficient (Wildman–Crippen LogP) is 4.95. The minimum atomic E-state index is -4.67. The maximum atomic E-state index is 12.9. The van der Waals surface area contributed by atoms with Gasteiger partial charge in [0.15, 0.2) is 0 Å². The number of carbonyl (C=O) groups excluding carboxylic acids is 1. The molecule has 0 aliphatic carbocycles. The van der Waals surface area contributed by atoms with E-state index in [-0.39, 0.29) is 37.8 Å². The van der Waals surface area contributed by atoms with Gasteiger partial charge in [-0.05, 0) is 36.6 Å². The quantitative estimate of drug-likeness (QED) is 0.367. The van der Waals surface area contributed by atoms with Gasteiger partial charge in [-0.25, -0.2) is 0 Å². The van der Waals surface area contributed by atoms with Crippen LogP contribution in [0.1, 0.15) is 15.9 Å². The van der Waals surface area contributed by atoms with Gasteiger partial charge < -0.3 is 9.80 Å². The molecule has 0 atom stereocenters. The number of hydrogen-bond acceptors (Lipinski definition) is 5. The minimum absolute atomic E-state index is 0.0995. The molecule has 0 saturated carbocycles. The zero-order valence-corrected chi connectivity index (χ0v) is 17.4. The number of nitro benzene ring substituents is 1. The molecular formula is C19H17ClF3N3O3S. The average molecular weight is 460 g/mol. The number of anilines is 1. The summed E-state index contributed by atoms with van der Waals surface area (Å²) in [6.45, 7) is 1.02. The Kier molecular flexibility index (Phi) is 6.47. The fourth-order valence-electron chi connectivity index (χ4n) is 3.23. The Hall–Kier alpha value is -2.46. The van der Waals surface area contributed by atoms with Gasteiger partial charge in [-0.15, -0.1) is 11.8 Å². The zero-order chi connectivity index (χ0) is 22.1. The number of benzene rings is 2. The summed E-state index contributed by atoms with van der Waals surface area (Å²) in [5, 5.41) is 11.7. The second kappa shape index (κ2) is 8.73. The maximum Gasteiger partial charge on any atom is 0.416 e. The Balaban J connectivity index is 1.77. The van der Waals surface area contributed by atoms with Crippen molar-refractivity contribution in [1.82, 2.24) is 4.90 Å². The minimum Gasteiger partial charge on any atom is -0.362 e. The van der Waals surface area contributed by atoms with Crippen molar-refractivity contribution < 1.29 is 22.9 Å². The van der Waals surface area contributed by atoms with Crippen LogP contribution in [-0.2, 0) is 6.18 Å². The molecule has 2 aromatic carbocycles. The van der Waals surface area contributed by atoms with Crippen molar-refractivity contribution in [3.8, 4) is 0 Å². The highest BCUT2D eigenvalue weighted by atomic mass is 35.5. The van der Waals surface area contributed by atoms with Crippen molar-refractivity contribution in [3.05, 3.63) is 62.7 Å². The number of rotatable bonds is 4. The van der Waals surface area contributed by atoms with Crippen LogP contribution >= 0.6 is 23.4 Å². The lowest BCUT2D eigenvalue weighted by Crippen LogP contribution is -2.49. The Labute approximate surface area is 179 Å². The zero-order valence-electron chi connectivity index (χ0n) is 15.8. The van der Waals surface area contributed by atoms with Crippen LogP contribution in [0.4, 0.5) is 24.5 Å². The summed E-state index contributed by atoms with van der Waals surface area (Å²) < 4.78 is 38.7. The van der Waals surface area contributed by atoms with Crippen LogP contribution in [0.5, 0.6) is 0 Å². The standard InChI is InChI=1S/C19H17ClF3N3O3S/c1-30-13-3-4-15(20)14(11-13)18(27)25-8-6-24(7-9-25)16-5-2-12(19(21,22)23)10-17(16)26(28)29/h2-5,10-11H,6-9H2,1H3. The van der Waals surface area contributed by atoms with Crippen LogP contribution in [0.25, 0.3) is 0 Å². The van der Waals surface area contributed by atoms with Crippen LogP contribution in [0.2, 0.25) is 5.02 Å². The van der Waals surface area contributed by atoms with E-state index in [1.54, 1.807) is 21.9 Å². The smallest absolute Gasteiger partial charge is 0.362 e. The summed E-state index contributed by atoms with van der Waals surface area (Å²) in [5.74, 6) is -0.252. The van der Waals surface area contributed by atoms with Gasteiger partial charge in [-0.1, -0.05) is 11.6 Å². The summed E-state index contributed by atoms with van der Waals surface area (Å²) in [7, 11) is 0. The molecule has 1 heterocycles. The second-order valence-corrected chi connectivity index (χ2v) is 7.87. The average Bonchev–Trinajstić information content (AvgIpc) is 2.72. The van der Waals surface area contributed by atoms with E-state index in [0.29, 0.717) is 16.7 Å². The molecule has 1 saturated heterocycles. The van der Waals surface area contributed by atoms with Gasteiger partial charge in [0.2, 0.25) is 0 Å². The summed E-state index contributed by atoms with van der Waals surface area (Å²) >= 11 is 7.64. The van der Waals surface area contributed by atoms with Gasteiger partial charge in [-0.2, -0.15) is 13.2 Å². The van der Waals surface area contributed by atoms with Crippen LogP contribution in [0.3, 0.4) is 0 Å². The highest BCUT2D eigenvalue weighted by Crippen LogP contribution is 2.37. The first-order valence-corrected chi connectivity index (χ1v) is 10.5. The van der Waals surface area contributed by atoms with E-state index < -0.39 is 22.4 Å². The molecule has 0 bridgehead atoms. The number of alkyl halides is 3. The predicted molar refractivity (Wildman–Crippen MR) is 109 cm³/mol. The van der Waals surface area contributed by atoms with Crippen molar-refractivity contribution in [1.29, 1.82) is 0 Å². The topological polar surface area (TPSA) is 66.7 Å². The third kappa shape index (κ3) is 4.65. The summed E-state index contributed by atoms with van der Waals surface area (Å²) in [6, 6.07) is 7.65. The Morgan fingerprint density at radius 1 is 1.13 bits per heavy atom. The monoisotopic (exact) mass is 459 g/mol. The Morgan fingerprint density at radius 3 is 2.37 bits per heavy atom. The molecule has 6 nitrogen and oxygen atoms in total. The number of nitrogens with zero attached hydrogens (tertiary/aromatic N) is 3. The molecule has 0 unspecified atom stereocenters. The third-order valence-corrected chi connectivity index (χ3v) is 5.87. The Bertz CT molecular complexity index is 979. The molecule has 160 valence electrons. The lowest BCUT2D eigenvalue weighted by Gasteiger charge is -2.36. The maximum absolute atomic E-state index is 12.9. The number of halogens is 4. The largest absolute Gasteiger partial charge is 0.416 e. The van der Waals surface area contributed by atoms with Gasteiger partial charge >= 0.3 is 6.18 Å².